The Kier molecular flexibility index (Phi) is 12.6. The fraction of sp³-hybridized carbons (Fsp3) is 0.630. The third-order valence-corrected chi connectivity index (χ3v) is 5.78. The molecule has 208 valence electrons. The molecule has 10 heteroatoms. The van der Waals surface area contributed by atoms with Gasteiger partial charge < -0.3 is 29.4 Å². The molecular formula is C27H41NO9. The first-order chi connectivity index (χ1) is 17.2. The Balaban J connectivity index is 3.04. The van der Waals surface area contributed by atoms with Crippen molar-refractivity contribution in [3.8, 4) is 11.5 Å². The van der Waals surface area contributed by atoms with Crippen molar-refractivity contribution < 1.29 is 42.9 Å². The Bertz CT molecular complexity index is 942. The molecule has 0 saturated heterocycles. The molecule has 1 aromatic rings. The lowest BCUT2D eigenvalue weighted by Crippen LogP contribution is -2.46. The smallest absolute Gasteiger partial charge is 0.457 e. The van der Waals surface area contributed by atoms with Crippen molar-refractivity contribution in [2.45, 2.75) is 105 Å². The van der Waals surface area contributed by atoms with Crippen LogP contribution in [-0.4, -0.2) is 42.4 Å². The highest BCUT2D eigenvalue weighted by molar-refractivity contribution is 5.83. The molecule has 0 amide bonds. The molecule has 0 radical (unpaired) electrons. The second-order valence-corrected chi connectivity index (χ2v) is 9.56. The van der Waals surface area contributed by atoms with Crippen LogP contribution in [0.4, 0.5) is 4.79 Å². The van der Waals surface area contributed by atoms with Gasteiger partial charge in [0.15, 0.2) is 11.5 Å². The Hall–Kier alpha value is -3.14. The van der Waals surface area contributed by atoms with Crippen molar-refractivity contribution in [2.75, 3.05) is 0 Å². The SMILES string of the molecule is CCCC(=O)Oc1ccc([C@](C)(N)C(=O)O[C@@H](C)[C@H](C)OC(=O)OC(C)C(C)C)cc1OC(=O)CCC. The van der Waals surface area contributed by atoms with Crippen LogP contribution >= 0.6 is 0 Å². The monoisotopic (exact) mass is 523 g/mol. The second kappa shape index (κ2) is 14.6. The summed E-state index contributed by atoms with van der Waals surface area (Å²) in [6, 6.07) is 4.28. The molecule has 0 heterocycles. The summed E-state index contributed by atoms with van der Waals surface area (Å²) in [4.78, 5) is 49.2. The average Bonchev–Trinajstić information content (AvgIpc) is 2.79. The highest BCUT2D eigenvalue weighted by Gasteiger charge is 2.36. The van der Waals surface area contributed by atoms with E-state index in [1.807, 2.05) is 27.7 Å². The van der Waals surface area contributed by atoms with Crippen molar-refractivity contribution in [3.05, 3.63) is 23.8 Å². The van der Waals surface area contributed by atoms with Gasteiger partial charge in [-0.1, -0.05) is 33.8 Å². The number of nitrogens with two attached hydrogens (primary N) is 1. The minimum atomic E-state index is -1.67. The summed E-state index contributed by atoms with van der Waals surface area (Å²) in [5.41, 5.74) is 4.93. The zero-order valence-corrected chi connectivity index (χ0v) is 23.1. The normalized spacial score (nSPS) is 15.1. The number of hydrogen-bond donors (Lipinski definition) is 1. The van der Waals surface area contributed by atoms with Crippen LogP contribution in [0.1, 0.15) is 86.6 Å². The molecule has 0 aliphatic carbocycles. The van der Waals surface area contributed by atoms with Gasteiger partial charge in [-0.15, -0.1) is 0 Å². The molecule has 0 aliphatic heterocycles. The molecule has 1 aromatic carbocycles. The van der Waals surface area contributed by atoms with E-state index < -0.39 is 41.8 Å². The molecule has 0 aromatic heterocycles. The minimum Gasteiger partial charge on any atom is -0.457 e. The fourth-order valence-corrected chi connectivity index (χ4v) is 2.82. The summed E-state index contributed by atoms with van der Waals surface area (Å²) in [5, 5.41) is 0. The molecule has 0 bridgehead atoms. The van der Waals surface area contributed by atoms with Crippen molar-refractivity contribution in [1.29, 1.82) is 0 Å². The summed E-state index contributed by atoms with van der Waals surface area (Å²) in [5.74, 6) is -1.68. The molecule has 4 atom stereocenters. The number of benzene rings is 1. The highest BCUT2D eigenvalue weighted by Crippen LogP contribution is 2.33. The van der Waals surface area contributed by atoms with E-state index in [2.05, 4.69) is 0 Å². The molecule has 0 fully saturated rings. The maximum absolute atomic E-state index is 13.0. The number of esters is 3. The van der Waals surface area contributed by atoms with E-state index in [0.29, 0.717) is 12.8 Å². The number of rotatable bonds is 13. The first kappa shape index (κ1) is 31.9. The quantitative estimate of drug-likeness (QED) is 0.283. The summed E-state index contributed by atoms with van der Waals surface area (Å²) < 4.78 is 26.6. The van der Waals surface area contributed by atoms with Gasteiger partial charge >= 0.3 is 24.1 Å². The Labute approximate surface area is 219 Å². The van der Waals surface area contributed by atoms with Crippen molar-refractivity contribution in [2.24, 2.45) is 11.7 Å². The summed E-state index contributed by atoms with van der Waals surface area (Å²) in [6.07, 6.45) is -1.36. The predicted octanol–water partition coefficient (Wildman–Crippen LogP) is 4.79. The maximum atomic E-state index is 13.0. The van der Waals surface area contributed by atoms with Gasteiger partial charge in [-0.3, -0.25) is 9.59 Å². The van der Waals surface area contributed by atoms with E-state index >= 15 is 0 Å². The van der Waals surface area contributed by atoms with Crippen molar-refractivity contribution in [1.82, 2.24) is 0 Å². The number of carbonyl (C=O) groups excluding carboxylic acids is 4. The van der Waals surface area contributed by atoms with Gasteiger partial charge in [-0.2, -0.15) is 0 Å². The first-order valence-corrected chi connectivity index (χ1v) is 12.7. The number of carbonyl (C=O) groups is 4. The standard InChI is InChI=1S/C27H41NO9/c1-9-11-23(29)36-21-14-13-20(15-22(21)37-24(30)12-10-2)27(8,28)25(31)33-18(6)19(7)35-26(32)34-17(5)16(3)4/h13-19H,9-12,28H2,1-8H3/t17?,18-,19-,27-/m0/s1. The van der Waals surface area contributed by atoms with E-state index in [1.54, 1.807) is 20.8 Å². The van der Waals surface area contributed by atoms with E-state index in [9.17, 15) is 19.2 Å². The topological polar surface area (TPSA) is 140 Å². The van der Waals surface area contributed by atoms with Gasteiger partial charge in [0.25, 0.3) is 0 Å². The van der Waals surface area contributed by atoms with Crippen molar-refractivity contribution >= 4 is 24.1 Å². The zero-order chi connectivity index (χ0) is 28.3. The lowest BCUT2D eigenvalue weighted by atomic mass is 9.93. The van der Waals surface area contributed by atoms with Crippen LogP contribution in [0.2, 0.25) is 0 Å². The highest BCUT2D eigenvalue weighted by atomic mass is 16.7. The summed E-state index contributed by atoms with van der Waals surface area (Å²) in [7, 11) is 0. The van der Waals surface area contributed by atoms with Crippen molar-refractivity contribution in [3.63, 3.8) is 0 Å². The molecule has 0 aliphatic rings. The molecular weight excluding hydrogens is 482 g/mol. The molecule has 37 heavy (non-hydrogen) atoms. The Morgan fingerprint density at radius 1 is 0.784 bits per heavy atom. The molecule has 2 N–H and O–H groups in total. The van der Waals surface area contributed by atoms with Gasteiger partial charge in [-0.25, -0.2) is 9.59 Å². The lowest BCUT2D eigenvalue weighted by molar-refractivity contribution is -0.160. The Morgan fingerprint density at radius 3 is 1.78 bits per heavy atom. The largest absolute Gasteiger partial charge is 0.508 e. The van der Waals surface area contributed by atoms with Gasteiger partial charge in [-0.05, 0) is 64.2 Å². The maximum Gasteiger partial charge on any atom is 0.508 e. The first-order valence-electron chi connectivity index (χ1n) is 12.7. The van der Waals surface area contributed by atoms with E-state index in [0.717, 1.165) is 0 Å². The van der Waals surface area contributed by atoms with Gasteiger partial charge in [0.2, 0.25) is 0 Å². The number of ether oxygens (including phenoxy) is 5. The third kappa shape index (κ3) is 10.0. The molecule has 0 saturated carbocycles. The van der Waals surface area contributed by atoms with E-state index in [-0.39, 0.29) is 41.9 Å². The van der Waals surface area contributed by atoms with Crippen LogP contribution in [0.15, 0.2) is 18.2 Å². The lowest BCUT2D eigenvalue weighted by Gasteiger charge is -2.28. The van der Waals surface area contributed by atoms with Crippen LogP contribution in [0, 0.1) is 5.92 Å². The van der Waals surface area contributed by atoms with E-state index in [4.69, 9.17) is 29.4 Å². The molecule has 0 spiro atoms. The van der Waals surface area contributed by atoms with Gasteiger partial charge in [0.05, 0.1) is 0 Å². The fourth-order valence-electron chi connectivity index (χ4n) is 2.82. The zero-order valence-electron chi connectivity index (χ0n) is 23.1. The minimum absolute atomic E-state index is 0.0309. The average molecular weight is 524 g/mol. The predicted molar refractivity (Wildman–Crippen MR) is 136 cm³/mol. The molecule has 1 unspecified atom stereocenters. The van der Waals surface area contributed by atoms with Crippen LogP contribution in [0.3, 0.4) is 0 Å². The Morgan fingerprint density at radius 2 is 1.27 bits per heavy atom. The molecule has 10 nitrogen and oxygen atoms in total. The number of hydrogen-bond acceptors (Lipinski definition) is 10. The second-order valence-electron chi connectivity index (χ2n) is 9.56. The van der Waals surface area contributed by atoms with Gasteiger partial charge in [0.1, 0.15) is 23.9 Å². The summed E-state index contributed by atoms with van der Waals surface area (Å²) >= 11 is 0. The van der Waals surface area contributed by atoms with Crippen LogP contribution < -0.4 is 15.2 Å². The van der Waals surface area contributed by atoms with E-state index in [1.165, 1.54) is 25.1 Å². The molecule has 1 rings (SSSR count). The van der Waals surface area contributed by atoms with Crippen LogP contribution in [0.25, 0.3) is 0 Å². The van der Waals surface area contributed by atoms with Crippen LogP contribution in [0.5, 0.6) is 11.5 Å². The third-order valence-electron chi connectivity index (χ3n) is 5.78. The summed E-state index contributed by atoms with van der Waals surface area (Å²) in [6.45, 7) is 13.8. The van der Waals surface area contributed by atoms with Crippen LogP contribution in [-0.2, 0) is 34.1 Å². The van der Waals surface area contributed by atoms with Gasteiger partial charge in [0, 0.05) is 12.8 Å².